The third-order valence-electron chi connectivity index (χ3n) is 2.53. The minimum Gasteiger partial charge on any atom is -0.480 e. The molecule has 2 N–H and O–H groups in total. The van der Waals surface area contributed by atoms with Crippen LogP contribution in [0.25, 0.3) is 0 Å². The van der Waals surface area contributed by atoms with Gasteiger partial charge >= 0.3 is 5.97 Å². The Morgan fingerprint density at radius 3 is 1.89 bits per heavy atom. The van der Waals surface area contributed by atoms with Gasteiger partial charge in [0.2, 0.25) is 10.0 Å². The minimum atomic E-state index is -3.57. The van der Waals surface area contributed by atoms with Gasteiger partial charge in [-0.1, -0.05) is 41.5 Å². The lowest BCUT2D eigenvalue weighted by atomic mass is 9.88. The summed E-state index contributed by atoms with van der Waals surface area (Å²) in [5.41, 5.74) is -0.768. The number of hydrogen-bond donors (Lipinski definition) is 2. The lowest BCUT2D eigenvalue weighted by molar-refractivity contribution is -0.141. The molecule has 0 saturated heterocycles. The van der Waals surface area contributed by atoms with E-state index in [0.29, 0.717) is 6.42 Å². The Kier molecular flexibility index (Phi) is 5.38. The Morgan fingerprint density at radius 1 is 1.17 bits per heavy atom. The van der Waals surface area contributed by atoms with Gasteiger partial charge in [0.15, 0.2) is 0 Å². The number of rotatable bonds is 5. The molecule has 0 aliphatic heterocycles. The summed E-state index contributed by atoms with van der Waals surface area (Å²) < 4.78 is 26.0. The van der Waals surface area contributed by atoms with E-state index in [1.54, 1.807) is 20.8 Å². The van der Waals surface area contributed by atoms with Gasteiger partial charge < -0.3 is 5.11 Å². The molecule has 5 nitrogen and oxygen atoms in total. The SMILES string of the molecule is CC(C)(C)CCS(=O)(=O)N[C@@H](C(=O)O)C(C)(C)C. The lowest BCUT2D eigenvalue weighted by Crippen LogP contribution is -2.49. The fraction of sp³-hybridized carbons (Fsp3) is 0.917. The number of carbonyl (C=O) groups is 1. The zero-order chi connectivity index (χ0) is 14.8. The zero-order valence-electron chi connectivity index (χ0n) is 12.1. The quantitative estimate of drug-likeness (QED) is 0.804. The van der Waals surface area contributed by atoms with E-state index >= 15 is 0 Å². The van der Waals surface area contributed by atoms with Crippen LogP contribution in [-0.2, 0) is 14.8 Å². The van der Waals surface area contributed by atoms with Crippen molar-refractivity contribution >= 4 is 16.0 Å². The van der Waals surface area contributed by atoms with Crippen molar-refractivity contribution < 1.29 is 18.3 Å². The van der Waals surface area contributed by atoms with Crippen LogP contribution in [0.5, 0.6) is 0 Å². The monoisotopic (exact) mass is 279 g/mol. The van der Waals surface area contributed by atoms with Crippen molar-refractivity contribution in [1.82, 2.24) is 4.72 Å². The highest BCUT2D eigenvalue weighted by Gasteiger charge is 2.34. The molecule has 0 bridgehead atoms. The third-order valence-corrected chi connectivity index (χ3v) is 3.87. The maximum atomic E-state index is 11.9. The topological polar surface area (TPSA) is 83.5 Å². The van der Waals surface area contributed by atoms with Crippen LogP contribution >= 0.6 is 0 Å². The molecule has 0 aromatic heterocycles. The fourth-order valence-corrected chi connectivity index (χ4v) is 3.09. The molecule has 0 unspecified atom stereocenters. The van der Waals surface area contributed by atoms with Crippen molar-refractivity contribution in [2.75, 3.05) is 5.75 Å². The number of nitrogens with one attached hydrogen (secondary N) is 1. The molecule has 0 fully saturated rings. The van der Waals surface area contributed by atoms with Crippen molar-refractivity contribution in [2.45, 2.75) is 54.0 Å². The van der Waals surface area contributed by atoms with Crippen molar-refractivity contribution in [3.05, 3.63) is 0 Å². The summed E-state index contributed by atoms with van der Waals surface area (Å²) >= 11 is 0. The summed E-state index contributed by atoms with van der Waals surface area (Å²) in [4.78, 5) is 11.1. The zero-order valence-corrected chi connectivity index (χ0v) is 12.9. The Hall–Kier alpha value is -0.620. The third kappa shape index (κ3) is 6.96. The van der Waals surface area contributed by atoms with Gasteiger partial charge in [-0.15, -0.1) is 0 Å². The van der Waals surface area contributed by atoms with Crippen molar-refractivity contribution in [2.24, 2.45) is 10.8 Å². The fourth-order valence-electron chi connectivity index (χ4n) is 1.28. The number of aliphatic carboxylic acids is 1. The summed E-state index contributed by atoms with van der Waals surface area (Å²) in [6.45, 7) is 10.9. The molecule has 0 amide bonds. The normalized spacial score (nSPS) is 15.4. The molecule has 0 aliphatic carbocycles. The van der Waals surface area contributed by atoms with Crippen LogP contribution in [0.15, 0.2) is 0 Å². The average molecular weight is 279 g/mol. The van der Waals surface area contributed by atoms with E-state index in [0.717, 1.165) is 0 Å². The first-order valence-electron chi connectivity index (χ1n) is 5.97. The number of carboxylic acids is 1. The summed E-state index contributed by atoms with van der Waals surface area (Å²) in [5, 5.41) is 9.07. The molecule has 0 rings (SSSR count). The summed E-state index contributed by atoms with van der Waals surface area (Å²) in [5.74, 6) is -1.21. The molecular weight excluding hydrogens is 254 g/mol. The number of carboxylic acid groups (broad SMARTS) is 1. The largest absolute Gasteiger partial charge is 0.480 e. The van der Waals surface area contributed by atoms with Gasteiger partial charge in [-0.3, -0.25) is 4.79 Å². The van der Waals surface area contributed by atoms with Gasteiger partial charge in [-0.25, -0.2) is 13.1 Å². The second-order valence-corrected chi connectivity index (χ2v) is 8.76. The van der Waals surface area contributed by atoms with Gasteiger partial charge in [0.05, 0.1) is 5.75 Å². The second kappa shape index (κ2) is 5.57. The molecule has 1 atom stereocenters. The predicted octanol–water partition coefficient (Wildman–Crippen LogP) is 1.84. The van der Waals surface area contributed by atoms with Crippen molar-refractivity contribution in [1.29, 1.82) is 0 Å². The highest BCUT2D eigenvalue weighted by atomic mass is 32.2. The molecule has 0 spiro atoms. The average Bonchev–Trinajstić information content (AvgIpc) is 2.08. The molecule has 0 aliphatic rings. The Morgan fingerprint density at radius 2 is 1.61 bits per heavy atom. The Labute approximate surface area is 110 Å². The Bertz CT molecular complexity index is 387. The number of sulfonamides is 1. The standard InChI is InChI=1S/C12H25NO4S/c1-11(2,3)7-8-18(16,17)13-9(10(14)15)12(4,5)6/h9,13H,7-8H2,1-6H3,(H,14,15)/t9-/m0/s1. The first-order valence-corrected chi connectivity index (χ1v) is 7.63. The summed E-state index contributed by atoms with van der Waals surface area (Å²) in [6.07, 6.45) is 0.485. The first-order chi connectivity index (χ1) is 7.75. The van der Waals surface area contributed by atoms with E-state index in [1.165, 1.54) is 0 Å². The van der Waals surface area contributed by atoms with Crippen LogP contribution in [0.2, 0.25) is 0 Å². The minimum absolute atomic E-state index is 0.0592. The van der Waals surface area contributed by atoms with Gasteiger partial charge in [0.1, 0.15) is 6.04 Å². The van der Waals surface area contributed by atoms with Gasteiger partial charge in [-0.2, -0.15) is 0 Å². The molecule has 0 radical (unpaired) electrons. The molecule has 0 heterocycles. The van der Waals surface area contributed by atoms with E-state index in [9.17, 15) is 13.2 Å². The molecular formula is C12H25NO4S. The Balaban J connectivity index is 4.79. The van der Waals surface area contributed by atoms with Crippen LogP contribution < -0.4 is 4.72 Å². The van der Waals surface area contributed by atoms with Crippen LogP contribution in [0.4, 0.5) is 0 Å². The molecule has 108 valence electrons. The van der Waals surface area contributed by atoms with E-state index in [4.69, 9.17) is 5.11 Å². The van der Waals surface area contributed by atoms with Gasteiger partial charge in [0.25, 0.3) is 0 Å². The van der Waals surface area contributed by atoms with E-state index in [-0.39, 0.29) is 11.2 Å². The maximum absolute atomic E-state index is 11.9. The van der Waals surface area contributed by atoms with Crippen molar-refractivity contribution in [3.8, 4) is 0 Å². The summed E-state index contributed by atoms with van der Waals surface area (Å²) in [7, 11) is -3.57. The van der Waals surface area contributed by atoms with Gasteiger partial charge in [-0.05, 0) is 17.3 Å². The molecule has 0 aromatic carbocycles. The van der Waals surface area contributed by atoms with Crippen molar-refractivity contribution in [3.63, 3.8) is 0 Å². The first kappa shape index (κ1) is 17.4. The number of hydrogen-bond acceptors (Lipinski definition) is 3. The maximum Gasteiger partial charge on any atom is 0.322 e. The molecule has 18 heavy (non-hydrogen) atoms. The lowest BCUT2D eigenvalue weighted by Gasteiger charge is -2.28. The summed E-state index contributed by atoms with van der Waals surface area (Å²) in [6, 6.07) is -1.11. The predicted molar refractivity (Wildman–Crippen MR) is 71.9 cm³/mol. The van der Waals surface area contributed by atoms with E-state index in [2.05, 4.69) is 4.72 Å². The second-order valence-electron chi connectivity index (χ2n) is 6.88. The van der Waals surface area contributed by atoms with Crippen LogP contribution in [0.3, 0.4) is 0 Å². The highest BCUT2D eigenvalue weighted by molar-refractivity contribution is 7.89. The molecule has 6 heteroatoms. The van der Waals surface area contributed by atoms with E-state index in [1.807, 2.05) is 20.8 Å². The molecule has 0 aromatic rings. The van der Waals surface area contributed by atoms with Crippen LogP contribution in [0.1, 0.15) is 48.0 Å². The molecule has 0 saturated carbocycles. The van der Waals surface area contributed by atoms with Crippen LogP contribution in [-0.4, -0.2) is 31.3 Å². The smallest absolute Gasteiger partial charge is 0.322 e. The van der Waals surface area contributed by atoms with Gasteiger partial charge in [0, 0.05) is 0 Å². The highest BCUT2D eigenvalue weighted by Crippen LogP contribution is 2.22. The van der Waals surface area contributed by atoms with E-state index < -0.39 is 27.4 Å². The van der Waals surface area contributed by atoms with Crippen LogP contribution in [0, 0.1) is 10.8 Å².